The van der Waals surface area contributed by atoms with Gasteiger partial charge in [-0.15, -0.1) is 0 Å². The Balaban J connectivity index is 2.66. The Morgan fingerprint density at radius 3 is 2.14 bits per heavy atom. The van der Waals surface area contributed by atoms with Crippen molar-refractivity contribution in [1.29, 1.82) is 0 Å². The van der Waals surface area contributed by atoms with Crippen LogP contribution in [0.5, 0.6) is 0 Å². The molecule has 0 bridgehead atoms. The van der Waals surface area contributed by atoms with Gasteiger partial charge < -0.3 is 5.73 Å². The number of aromatic nitrogens is 1. The lowest BCUT2D eigenvalue weighted by Crippen LogP contribution is -2.12. The second-order valence-electron chi connectivity index (χ2n) is 4.20. The lowest BCUT2D eigenvalue weighted by molar-refractivity contribution is -0.137. The first-order valence-corrected chi connectivity index (χ1v) is 5.60. The largest absolute Gasteiger partial charge is 0.420 e. The number of nitrogens with zero attached hydrogens (tertiary/aromatic N) is 1. The predicted octanol–water partition coefficient (Wildman–Crippen LogP) is 4.37. The van der Waals surface area contributed by atoms with Gasteiger partial charge in [0.15, 0.2) is 0 Å². The molecule has 0 radical (unpaired) electrons. The van der Waals surface area contributed by atoms with Crippen LogP contribution in [0.3, 0.4) is 0 Å². The summed E-state index contributed by atoms with van der Waals surface area (Å²) in [5, 5.41) is 0. The van der Waals surface area contributed by atoms with Crippen molar-refractivity contribution in [2.24, 2.45) is 0 Å². The van der Waals surface area contributed by atoms with Gasteiger partial charge in [0.05, 0.1) is 5.56 Å². The molecule has 0 saturated heterocycles. The molecule has 21 heavy (non-hydrogen) atoms. The zero-order valence-corrected chi connectivity index (χ0v) is 10.3. The first kappa shape index (κ1) is 15.1. The highest BCUT2D eigenvalue weighted by atomic mass is 19.4. The van der Waals surface area contributed by atoms with Crippen molar-refractivity contribution in [1.82, 2.24) is 4.98 Å². The summed E-state index contributed by atoms with van der Waals surface area (Å²) in [6.07, 6.45) is -8.45. The molecule has 1 heterocycles. The maximum absolute atomic E-state index is 13.0. The van der Waals surface area contributed by atoms with Crippen molar-refractivity contribution in [3.63, 3.8) is 0 Å². The lowest BCUT2D eigenvalue weighted by atomic mass is 9.98. The van der Waals surface area contributed by atoms with Crippen molar-refractivity contribution in [2.45, 2.75) is 12.4 Å². The van der Waals surface area contributed by atoms with Crippen LogP contribution in [0.4, 0.5) is 32.2 Å². The van der Waals surface area contributed by atoms with E-state index in [-0.39, 0.29) is 5.56 Å². The van der Waals surface area contributed by atoms with Crippen molar-refractivity contribution in [3.05, 3.63) is 47.7 Å². The lowest BCUT2D eigenvalue weighted by Gasteiger charge is -2.15. The van der Waals surface area contributed by atoms with E-state index in [0.29, 0.717) is 6.07 Å². The average Bonchev–Trinajstić information content (AvgIpc) is 2.36. The smallest absolute Gasteiger partial charge is 0.383 e. The van der Waals surface area contributed by atoms with E-state index in [1.165, 1.54) is 0 Å². The fourth-order valence-corrected chi connectivity index (χ4v) is 1.88. The highest BCUT2D eigenvalue weighted by molar-refractivity contribution is 5.72. The van der Waals surface area contributed by atoms with Crippen LogP contribution >= 0.6 is 0 Å². The van der Waals surface area contributed by atoms with Crippen molar-refractivity contribution in [2.75, 3.05) is 5.73 Å². The molecule has 0 fully saturated rings. The van der Waals surface area contributed by atoms with E-state index in [9.17, 15) is 26.3 Å². The first-order valence-electron chi connectivity index (χ1n) is 5.60. The Labute approximate surface area is 115 Å². The predicted molar refractivity (Wildman–Crippen MR) is 64.1 cm³/mol. The van der Waals surface area contributed by atoms with Gasteiger partial charge >= 0.3 is 12.4 Å². The van der Waals surface area contributed by atoms with E-state index in [2.05, 4.69) is 4.98 Å². The maximum atomic E-state index is 13.0. The molecule has 0 saturated carbocycles. The third-order valence-electron chi connectivity index (χ3n) is 2.76. The molecule has 0 unspecified atom stereocenters. The molecule has 2 nitrogen and oxygen atoms in total. The fraction of sp³-hybridized carbons (Fsp3) is 0.154. The topological polar surface area (TPSA) is 38.9 Å². The number of pyridine rings is 1. The standard InChI is InChI=1S/C13H8F6N2/c14-12(15,16)8-3-1-2-7(6-8)9-4-5-21-11(20)10(9)13(17,18)19/h1-6H,(H2,20,21). The number of nitrogens with two attached hydrogens (primary N) is 1. The molecule has 2 N–H and O–H groups in total. The summed E-state index contributed by atoms with van der Waals surface area (Å²) in [5.41, 5.74) is 2.26. The molecule has 1 aromatic carbocycles. The van der Waals surface area contributed by atoms with E-state index < -0.39 is 34.9 Å². The minimum absolute atomic E-state index is 0.230. The van der Waals surface area contributed by atoms with Crippen molar-refractivity contribution >= 4 is 5.82 Å². The summed E-state index contributed by atoms with van der Waals surface area (Å²) in [6, 6.07) is 4.59. The Bertz CT molecular complexity index is 660. The molecule has 0 atom stereocenters. The van der Waals surface area contributed by atoms with Crippen molar-refractivity contribution in [3.8, 4) is 11.1 Å². The summed E-state index contributed by atoms with van der Waals surface area (Å²) in [4.78, 5) is 3.34. The number of nitrogen functional groups attached to an aromatic ring is 1. The van der Waals surface area contributed by atoms with Crippen molar-refractivity contribution < 1.29 is 26.3 Å². The number of benzene rings is 1. The second kappa shape index (κ2) is 4.94. The second-order valence-corrected chi connectivity index (χ2v) is 4.20. The quantitative estimate of drug-likeness (QED) is 0.795. The summed E-state index contributed by atoms with van der Waals surface area (Å²) in [6.45, 7) is 0. The highest BCUT2D eigenvalue weighted by Crippen LogP contribution is 2.41. The minimum atomic E-state index is -4.82. The Hall–Kier alpha value is -2.25. The number of halogens is 6. The van der Waals surface area contributed by atoms with Gasteiger partial charge in [0.1, 0.15) is 11.4 Å². The molecule has 112 valence electrons. The molecule has 0 aliphatic rings. The Kier molecular flexibility index (Phi) is 3.56. The molecular weight excluding hydrogens is 298 g/mol. The van der Waals surface area contributed by atoms with Gasteiger partial charge in [-0.05, 0) is 29.3 Å². The van der Waals surface area contributed by atoms with Gasteiger partial charge in [0.25, 0.3) is 0 Å². The van der Waals surface area contributed by atoms with E-state index in [4.69, 9.17) is 5.73 Å². The molecule has 8 heteroatoms. The monoisotopic (exact) mass is 306 g/mol. The van der Waals surface area contributed by atoms with Crippen LogP contribution in [0, 0.1) is 0 Å². The van der Waals surface area contributed by atoms with Crippen LogP contribution in [-0.2, 0) is 12.4 Å². The molecule has 1 aromatic heterocycles. The summed E-state index contributed by atoms with van der Waals surface area (Å²) in [5.74, 6) is -0.780. The van der Waals surface area contributed by atoms with Gasteiger partial charge in [-0.25, -0.2) is 4.98 Å². The Morgan fingerprint density at radius 1 is 0.905 bits per heavy atom. The van der Waals surface area contributed by atoms with Gasteiger partial charge in [-0.1, -0.05) is 12.1 Å². The zero-order valence-electron chi connectivity index (χ0n) is 10.3. The normalized spacial score (nSPS) is 12.5. The third kappa shape index (κ3) is 3.09. The molecule has 0 aliphatic heterocycles. The van der Waals surface area contributed by atoms with Crippen LogP contribution in [0.2, 0.25) is 0 Å². The van der Waals surface area contributed by atoms with E-state index >= 15 is 0 Å². The highest BCUT2D eigenvalue weighted by Gasteiger charge is 2.37. The average molecular weight is 306 g/mol. The minimum Gasteiger partial charge on any atom is -0.383 e. The number of hydrogen-bond acceptors (Lipinski definition) is 2. The summed E-state index contributed by atoms with van der Waals surface area (Å²) < 4.78 is 76.9. The van der Waals surface area contributed by atoms with Gasteiger partial charge in [-0.2, -0.15) is 26.3 Å². The molecule has 2 aromatic rings. The van der Waals surface area contributed by atoms with E-state index in [1.54, 1.807) is 0 Å². The number of alkyl halides is 6. The number of anilines is 1. The summed E-state index contributed by atoms with van der Waals surface area (Å²) >= 11 is 0. The van der Waals surface area contributed by atoms with Crippen LogP contribution in [0.25, 0.3) is 11.1 Å². The molecular formula is C13H8F6N2. The van der Waals surface area contributed by atoms with E-state index in [0.717, 1.165) is 30.5 Å². The SMILES string of the molecule is Nc1nccc(-c2cccc(C(F)(F)F)c2)c1C(F)(F)F. The fourth-order valence-electron chi connectivity index (χ4n) is 1.88. The number of rotatable bonds is 1. The molecule has 2 rings (SSSR count). The van der Waals surface area contributed by atoms with Crippen LogP contribution < -0.4 is 5.73 Å². The maximum Gasteiger partial charge on any atom is 0.420 e. The molecule has 0 spiro atoms. The zero-order chi connectivity index (χ0) is 15.8. The van der Waals surface area contributed by atoms with Gasteiger partial charge in [0.2, 0.25) is 0 Å². The van der Waals surface area contributed by atoms with Gasteiger partial charge in [-0.3, -0.25) is 0 Å². The molecule has 0 aliphatic carbocycles. The van der Waals surface area contributed by atoms with Crippen LogP contribution in [-0.4, -0.2) is 4.98 Å². The number of hydrogen-bond donors (Lipinski definition) is 1. The molecule has 0 amide bonds. The van der Waals surface area contributed by atoms with Crippen LogP contribution in [0.15, 0.2) is 36.5 Å². The van der Waals surface area contributed by atoms with E-state index in [1.807, 2.05) is 0 Å². The summed E-state index contributed by atoms with van der Waals surface area (Å²) in [7, 11) is 0. The van der Waals surface area contributed by atoms with Crippen LogP contribution in [0.1, 0.15) is 11.1 Å². The first-order chi connectivity index (χ1) is 9.60. The Morgan fingerprint density at radius 2 is 1.57 bits per heavy atom. The van der Waals surface area contributed by atoms with Gasteiger partial charge in [0, 0.05) is 6.20 Å². The third-order valence-corrected chi connectivity index (χ3v) is 2.76.